The van der Waals surface area contributed by atoms with Crippen molar-refractivity contribution in [2.45, 2.75) is 25.0 Å². The summed E-state index contributed by atoms with van der Waals surface area (Å²) in [7, 11) is 0. The quantitative estimate of drug-likeness (QED) is 0.229. The van der Waals surface area contributed by atoms with Gasteiger partial charge in [-0.25, -0.2) is 0 Å². The smallest absolute Gasteiger partial charge is 0.124 e. The van der Waals surface area contributed by atoms with Crippen molar-refractivity contribution >= 4 is 0 Å². The highest BCUT2D eigenvalue weighted by Gasteiger charge is 2.45. The fourth-order valence-corrected chi connectivity index (χ4v) is 6.23. The molecule has 8 rings (SSSR count). The summed E-state index contributed by atoms with van der Waals surface area (Å²) in [4.78, 5) is 0. The molecule has 2 bridgehead atoms. The van der Waals surface area contributed by atoms with Gasteiger partial charge in [0, 0.05) is 23.0 Å². The Morgan fingerprint density at radius 2 is 0.900 bits per heavy atom. The molecule has 0 unspecified atom stereocenters. The van der Waals surface area contributed by atoms with Gasteiger partial charge in [0.25, 0.3) is 0 Å². The van der Waals surface area contributed by atoms with Crippen molar-refractivity contribution in [3.8, 4) is 23.6 Å². The van der Waals surface area contributed by atoms with E-state index in [0.29, 0.717) is 24.3 Å². The Labute approximate surface area is 233 Å². The summed E-state index contributed by atoms with van der Waals surface area (Å²) in [5.74, 6) is 1.34. The van der Waals surface area contributed by atoms with Crippen molar-refractivity contribution in [2.24, 2.45) is 0 Å². The van der Waals surface area contributed by atoms with Crippen molar-refractivity contribution in [1.82, 2.24) is 0 Å². The average molecular weight is 517 g/mol. The number of ether oxygens (including phenoxy) is 2. The van der Waals surface area contributed by atoms with Gasteiger partial charge in [0.1, 0.15) is 36.9 Å². The van der Waals surface area contributed by atoms with Crippen molar-refractivity contribution in [3.63, 3.8) is 0 Å². The summed E-state index contributed by atoms with van der Waals surface area (Å²) in [5.41, 5.74) is 9.63. The molecule has 0 N–H and O–H groups in total. The van der Waals surface area contributed by atoms with Crippen molar-refractivity contribution in [3.05, 3.63) is 165 Å². The van der Waals surface area contributed by atoms with Crippen LogP contribution in [0, 0.1) is 22.7 Å². The maximum Gasteiger partial charge on any atom is 0.124 e. The number of hydrogen-bond acceptors (Lipinski definition) is 4. The third kappa shape index (κ3) is 3.82. The molecule has 0 saturated heterocycles. The van der Waals surface area contributed by atoms with E-state index in [9.17, 15) is 10.5 Å². The van der Waals surface area contributed by atoms with Gasteiger partial charge in [-0.05, 0) is 57.6 Å². The fraction of sp³-hybridized carbons (Fsp3) is 0.111. The third-order valence-corrected chi connectivity index (χ3v) is 7.96. The Bertz CT molecular complexity index is 1700. The molecule has 5 aromatic rings. The molecule has 3 aliphatic rings. The number of benzene rings is 5. The number of nitrogens with zero attached hydrogens (tertiary/aromatic N) is 2. The van der Waals surface area contributed by atoms with Gasteiger partial charge >= 0.3 is 0 Å². The van der Waals surface area contributed by atoms with E-state index in [1.807, 2.05) is 60.7 Å². The largest absolute Gasteiger partial charge is 0.489 e. The minimum absolute atomic E-state index is 0.142. The van der Waals surface area contributed by atoms with Crippen LogP contribution in [0.1, 0.15) is 67.5 Å². The molecule has 5 aromatic carbocycles. The van der Waals surface area contributed by atoms with Crippen molar-refractivity contribution < 1.29 is 9.47 Å². The second-order valence-corrected chi connectivity index (χ2v) is 10.2. The zero-order valence-electron chi connectivity index (χ0n) is 21.7. The molecule has 4 nitrogen and oxygen atoms in total. The van der Waals surface area contributed by atoms with Crippen LogP contribution in [0.3, 0.4) is 0 Å². The van der Waals surface area contributed by atoms with Crippen LogP contribution in [0.2, 0.25) is 0 Å². The van der Waals surface area contributed by atoms with Gasteiger partial charge in [0.15, 0.2) is 0 Å². The first-order valence-electron chi connectivity index (χ1n) is 13.3. The first kappa shape index (κ1) is 23.8. The summed E-state index contributed by atoms with van der Waals surface area (Å²) in [6.45, 7) is 0.889. The van der Waals surface area contributed by atoms with E-state index in [0.717, 1.165) is 44.9 Å². The Morgan fingerprint density at radius 3 is 1.30 bits per heavy atom. The minimum atomic E-state index is -0.142. The highest BCUT2D eigenvalue weighted by atomic mass is 16.5. The van der Waals surface area contributed by atoms with E-state index in [-0.39, 0.29) is 11.8 Å². The van der Waals surface area contributed by atoms with Crippen LogP contribution in [0.4, 0.5) is 0 Å². The van der Waals surface area contributed by atoms with Crippen LogP contribution < -0.4 is 9.47 Å². The maximum atomic E-state index is 9.85. The Balaban J connectivity index is 1.42. The topological polar surface area (TPSA) is 66.0 Å². The van der Waals surface area contributed by atoms with E-state index in [1.54, 1.807) is 0 Å². The monoisotopic (exact) mass is 516 g/mol. The zero-order chi connectivity index (χ0) is 27.1. The molecule has 2 atom stereocenters. The van der Waals surface area contributed by atoms with Crippen LogP contribution in [-0.2, 0) is 13.2 Å². The lowest BCUT2D eigenvalue weighted by Crippen LogP contribution is -2.29. The summed E-state index contributed by atoms with van der Waals surface area (Å²) in [6, 6.07) is 41.1. The van der Waals surface area contributed by atoms with Gasteiger partial charge in [-0.1, -0.05) is 84.9 Å². The summed E-state index contributed by atoms with van der Waals surface area (Å²) in [5, 5.41) is 19.7. The van der Waals surface area contributed by atoms with Crippen LogP contribution in [0.5, 0.6) is 11.5 Å². The zero-order valence-corrected chi connectivity index (χ0v) is 21.7. The highest BCUT2D eigenvalue weighted by Crippen LogP contribution is 2.60. The molecule has 0 saturated carbocycles. The predicted molar refractivity (Wildman–Crippen MR) is 152 cm³/mol. The fourth-order valence-electron chi connectivity index (χ4n) is 6.23. The number of rotatable bonds is 6. The van der Waals surface area contributed by atoms with Crippen molar-refractivity contribution in [2.75, 3.05) is 0 Å². The van der Waals surface area contributed by atoms with Crippen LogP contribution >= 0.6 is 0 Å². The van der Waals surface area contributed by atoms with E-state index in [1.165, 1.54) is 11.1 Å². The standard InChI is InChI=1S/C36H24N2O2/c37-19-25-17-29-30(18-26(25)20-38)34-28-14-8-7-13-27(28)33(29)35-31(39-21-23-9-3-1-4-10-23)15-16-32(36(34)35)40-22-24-11-5-2-6-12-24/h1-18,33-34H,21-22H2/t33-,34+. The van der Waals surface area contributed by atoms with Crippen LogP contribution in [0.15, 0.2) is 109 Å². The first-order chi connectivity index (χ1) is 19.8. The van der Waals surface area contributed by atoms with Gasteiger partial charge in [-0.2, -0.15) is 10.5 Å². The molecule has 4 heteroatoms. The summed E-state index contributed by atoms with van der Waals surface area (Å²) in [6.07, 6.45) is 0. The molecule has 0 aromatic heterocycles. The summed E-state index contributed by atoms with van der Waals surface area (Å²) < 4.78 is 13.0. The molecule has 0 fully saturated rings. The SMILES string of the molecule is N#Cc1cc2c(cc1C#N)[C@@H]1c3ccccc3[C@H]2c2c(OCc3ccccc3)ccc(OCc3ccccc3)c21. The second-order valence-electron chi connectivity index (χ2n) is 10.2. The van der Waals surface area contributed by atoms with Gasteiger partial charge < -0.3 is 9.47 Å². The van der Waals surface area contributed by atoms with E-state index in [4.69, 9.17) is 9.47 Å². The van der Waals surface area contributed by atoms with Gasteiger partial charge in [-0.3, -0.25) is 0 Å². The molecule has 40 heavy (non-hydrogen) atoms. The number of nitriles is 2. The highest BCUT2D eigenvalue weighted by molar-refractivity contribution is 5.74. The summed E-state index contributed by atoms with van der Waals surface area (Å²) >= 11 is 0. The van der Waals surface area contributed by atoms with Crippen LogP contribution in [-0.4, -0.2) is 0 Å². The van der Waals surface area contributed by atoms with E-state index < -0.39 is 0 Å². The maximum absolute atomic E-state index is 9.85. The molecule has 3 aliphatic carbocycles. The lowest BCUT2D eigenvalue weighted by atomic mass is 9.60. The average Bonchev–Trinajstić information content (AvgIpc) is 3.02. The second kappa shape index (κ2) is 9.77. The van der Waals surface area contributed by atoms with Gasteiger partial charge in [0.05, 0.1) is 11.1 Å². The molecule has 0 radical (unpaired) electrons. The molecule has 190 valence electrons. The third-order valence-electron chi connectivity index (χ3n) is 7.96. The van der Waals surface area contributed by atoms with Gasteiger partial charge in [-0.15, -0.1) is 0 Å². The van der Waals surface area contributed by atoms with Gasteiger partial charge in [0.2, 0.25) is 0 Å². The lowest BCUT2D eigenvalue weighted by Gasteiger charge is -2.43. The molecular formula is C36H24N2O2. The number of hydrogen-bond donors (Lipinski definition) is 0. The molecule has 0 spiro atoms. The molecule has 0 amide bonds. The normalized spacial score (nSPS) is 15.7. The van der Waals surface area contributed by atoms with Crippen LogP contribution in [0.25, 0.3) is 0 Å². The molecule has 0 heterocycles. The lowest BCUT2D eigenvalue weighted by molar-refractivity contribution is 0.289. The Morgan fingerprint density at radius 1 is 0.500 bits per heavy atom. The van der Waals surface area contributed by atoms with E-state index >= 15 is 0 Å². The Kier molecular flexibility index (Phi) is 5.81. The molecule has 0 aliphatic heterocycles. The Hall–Kier alpha value is -5.32. The predicted octanol–water partition coefficient (Wildman–Crippen LogP) is 7.58. The van der Waals surface area contributed by atoms with E-state index in [2.05, 4.69) is 60.7 Å². The first-order valence-corrected chi connectivity index (χ1v) is 13.3. The van der Waals surface area contributed by atoms with Crippen molar-refractivity contribution in [1.29, 1.82) is 10.5 Å². The molecular weight excluding hydrogens is 492 g/mol. The minimum Gasteiger partial charge on any atom is -0.489 e.